The van der Waals surface area contributed by atoms with E-state index in [0.717, 1.165) is 12.1 Å². The highest BCUT2D eigenvalue weighted by molar-refractivity contribution is 6.31. The summed E-state index contributed by atoms with van der Waals surface area (Å²) in [5.74, 6) is -0.675. The third kappa shape index (κ3) is 4.43. The van der Waals surface area contributed by atoms with Gasteiger partial charge in [0.2, 0.25) is 5.79 Å². The highest BCUT2D eigenvalue weighted by atomic mass is 35.5. The average Bonchev–Trinajstić information content (AvgIpc) is 3.34. The maximum absolute atomic E-state index is 12.7. The topological polar surface area (TPSA) is 69.3 Å². The molecule has 0 N–H and O–H groups in total. The third-order valence-corrected chi connectivity index (χ3v) is 5.23. The summed E-state index contributed by atoms with van der Waals surface area (Å²) in [5.41, 5.74) is 0.108. The minimum atomic E-state index is -4.42. The lowest BCUT2D eigenvalue weighted by molar-refractivity contribution is -0.185. The Morgan fingerprint density at radius 2 is 1.97 bits per heavy atom. The van der Waals surface area contributed by atoms with E-state index in [4.69, 9.17) is 25.8 Å². The lowest BCUT2D eigenvalue weighted by atomic mass is 10.0. The van der Waals surface area contributed by atoms with Crippen molar-refractivity contribution in [2.24, 2.45) is 0 Å². The van der Waals surface area contributed by atoms with Gasteiger partial charge in [-0.1, -0.05) is 11.6 Å². The van der Waals surface area contributed by atoms with Crippen molar-refractivity contribution in [3.05, 3.63) is 76.8 Å². The molecule has 1 fully saturated rings. The zero-order chi connectivity index (χ0) is 22.9. The molecule has 6 nitrogen and oxygen atoms in total. The number of hydrogen-bond donors (Lipinski definition) is 0. The van der Waals surface area contributed by atoms with E-state index in [1.54, 1.807) is 16.7 Å². The standard InChI is InChI=1S/C22H17ClF3N3O3/c1-14-11-30-21(32-14,12-29-13-28-10-16(29)9-27)19-7-6-18(8-20(19)23)31-17-4-2-15(3-5-17)22(24,25)26/h2-8,10,13-14H,11-12H2,1H3. The molecular weight excluding hydrogens is 447 g/mol. The van der Waals surface area contributed by atoms with Crippen LogP contribution < -0.4 is 4.74 Å². The first-order chi connectivity index (χ1) is 15.2. The molecule has 3 aromatic rings. The van der Waals surface area contributed by atoms with Crippen LogP contribution in [0.2, 0.25) is 5.02 Å². The molecule has 0 spiro atoms. The van der Waals surface area contributed by atoms with Crippen molar-refractivity contribution < 1.29 is 27.4 Å². The van der Waals surface area contributed by atoms with Gasteiger partial charge in [-0.05, 0) is 49.4 Å². The summed E-state index contributed by atoms with van der Waals surface area (Å²) in [6.07, 6.45) is -1.68. The van der Waals surface area contributed by atoms with Crippen molar-refractivity contribution in [3.8, 4) is 17.6 Å². The number of nitriles is 1. The minimum Gasteiger partial charge on any atom is -0.457 e. The highest BCUT2D eigenvalue weighted by Gasteiger charge is 2.44. The Labute approximate surface area is 186 Å². The van der Waals surface area contributed by atoms with E-state index in [-0.39, 0.29) is 23.4 Å². The second kappa shape index (κ2) is 8.47. The van der Waals surface area contributed by atoms with Crippen molar-refractivity contribution in [2.75, 3.05) is 6.61 Å². The SMILES string of the molecule is CC1COC(Cn2cncc2C#N)(c2ccc(Oc3ccc(C(F)(F)F)cc3)cc2Cl)O1. The zero-order valence-electron chi connectivity index (χ0n) is 16.8. The number of hydrogen-bond acceptors (Lipinski definition) is 5. The molecule has 2 aromatic carbocycles. The number of imidazole rings is 1. The molecule has 166 valence electrons. The van der Waals surface area contributed by atoms with Crippen LogP contribution in [0.5, 0.6) is 11.5 Å². The van der Waals surface area contributed by atoms with E-state index in [1.807, 2.05) is 6.92 Å². The zero-order valence-corrected chi connectivity index (χ0v) is 17.5. The Balaban J connectivity index is 1.60. The van der Waals surface area contributed by atoms with E-state index in [2.05, 4.69) is 11.1 Å². The molecular formula is C22H17ClF3N3O3. The van der Waals surface area contributed by atoms with Crippen molar-refractivity contribution in [1.29, 1.82) is 5.26 Å². The molecule has 1 aliphatic heterocycles. The molecule has 1 saturated heterocycles. The van der Waals surface area contributed by atoms with Gasteiger partial charge in [-0.25, -0.2) is 4.98 Å². The number of alkyl halides is 3. The number of ether oxygens (including phenoxy) is 3. The lowest BCUT2D eigenvalue weighted by Crippen LogP contribution is -2.34. The molecule has 2 unspecified atom stereocenters. The van der Waals surface area contributed by atoms with Crippen molar-refractivity contribution in [2.45, 2.75) is 31.5 Å². The van der Waals surface area contributed by atoms with Gasteiger partial charge in [-0.15, -0.1) is 0 Å². The van der Waals surface area contributed by atoms with Crippen LogP contribution in [0.15, 0.2) is 55.0 Å². The average molecular weight is 464 g/mol. The third-order valence-electron chi connectivity index (χ3n) is 4.92. The van der Waals surface area contributed by atoms with Crippen LogP contribution in [0, 0.1) is 11.3 Å². The molecule has 32 heavy (non-hydrogen) atoms. The van der Waals surface area contributed by atoms with E-state index in [0.29, 0.717) is 23.6 Å². The highest BCUT2D eigenvalue weighted by Crippen LogP contribution is 2.41. The number of nitrogens with zero attached hydrogens (tertiary/aromatic N) is 3. The number of halogens is 4. The summed E-state index contributed by atoms with van der Waals surface area (Å²) in [5, 5.41) is 9.56. The fourth-order valence-electron chi connectivity index (χ4n) is 3.43. The van der Waals surface area contributed by atoms with Gasteiger partial charge in [-0.2, -0.15) is 18.4 Å². The summed E-state index contributed by atoms with van der Waals surface area (Å²) in [7, 11) is 0. The van der Waals surface area contributed by atoms with Crippen molar-refractivity contribution >= 4 is 11.6 Å². The summed E-state index contributed by atoms with van der Waals surface area (Å²) in [4.78, 5) is 3.99. The van der Waals surface area contributed by atoms with Crippen molar-refractivity contribution in [3.63, 3.8) is 0 Å². The molecule has 0 amide bonds. The van der Waals surface area contributed by atoms with Crippen LogP contribution in [0.3, 0.4) is 0 Å². The van der Waals surface area contributed by atoms with Gasteiger partial charge in [0.05, 0.1) is 42.4 Å². The first kappa shape index (κ1) is 22.1. The first-order valence-electron chi connectivity index (χ1n) is 9.57. The number of aromatic nitrogens is 2. The normalized spacial score (nSPS) is 20.8. The van der Waals surface area contributed by atoms with Crippen LogP contribution >= 0.6 is 11.6 Å². The van der Waals surface area contributed by atoms with Gasteiger partial charge in [0.25, 0.3) is 0 Å². The predicted molar refractivity (Wildman–Crippen MR) is 108 cm³/mol. The second-order valence-corrected chi connectivity index (χ2v) is 7.68. The fraction of sp³-hybridized carbons (Fsp3) is 0.273. The summed E-state index contributed by atoms with van der Waals surface area (Å²) in [6.45, 7) is 2.34. The van der Waals surface area contributed by atoms with Gasteiger partial charge in [0, 0.05) is 5.56 Å². The van der Waals surface area contributed by atoms with Crippen molar-refractivity contribution in [1.82, 2.24) is 9.55 Å². The molecule has 0 radical (unpaired) electrons. The Kier molecular flexibility index (Phi) is 5.86. The van der Waals surface area contributed by atoms with Gasteiger partial charge < -0.3 is 18.8 Å². The van der Waals surface area contributed by atoms with Crippen LogP contribution in [0.4, 0.5) is 13.2 Å². The first-order valence-corrected chi connectivity index (χ1v) is 9.95. The Morgan fingerprint density at radius 3 is 2.56 bits per heavy atom. The smallest absolute Gasteiger partial charge is 0.416 e. The lowest BCUT2D eigenvalue weighted by Gasteiger charge is -2.30. The molecule has 0 bridgehead atoms. The molecule has 2 heterocycles. The Hall–Kier alpha value is -3.06. The Bertz CT molecular complexity index is 1160. The van der Waals surface area contributed by atoms with E-state index in [1.165, 1.54) is 30.7 Å². The van der Waals surface area contributed by atoms with Crippen LogP contribution in [-0.2, 0) is 28.0 Å². The predicted octanol–water partition coefficient (Wildman–Crippen LogP) is 5.51. The van der Waals surface area contributed by atoms with E-state index in [9.17, 15) is 18.4 Å². The molecule has 1 aromatic heterocycles. The molecule has 10 heteroatoms. The quantitative estimate of drug-likeness (QED) is 0.499. The number of benzene rings is 2. The Morgan fingerprint density at radius 1 is 1.25 bits per heavy atom. The van der Waals surface area contributed by atoms with Gasteiger partial charge >= 0.3 is 6.18 Å². The van der Waals surface area contributed by atoms with Crippen LogP contribution in [-0.4, -0.2) is 22.3 Å². The summed E-state index contributed by atoms with van der Waals surface area (Å²) >= 11 is 6.53. The van der Waals surface area contributed by atoms with E-state index < -0.39 is 17.5 Å². The fourth-order valence-corrected chi connectivity index (χ4v) is 3.75. The van der Waals surface area contributed by atoms with Gasteiger partial charge in [0.1, 0.15) is 23.3 Å². The molecule has 0 aliphatic carbocycles. The molecule has 0 saturated carbocycles. The molecule has 1 aliphatic rings. The summed E-state index contributed by atoms with van der Waals surface area (Å²) < 4.78 is 57.5. The largest absolute Gasteiger partial charge is 0.457 e. The van der Waals surface area contributed by atoms with Gasteiger partial charge in [0.15, 0.2) is 0 Å². The summed E-state index contributed by atoms with van der Waals surface area (Å²) in [6, 6.07) is 11.2. The van der Waals surface area contributed by atoms with Crippen LogP contribution in [0.25, 0.3) is 0 Å². The van der Waals surface area contributed by atoms with Crippen LogP contribution in [0.1, 0.15) is 23.7 Å². The monoisotopic (exact) mass is 463 g/mol. The minimum absolute atomic E-state index is 0.152. The molecule has 2 atom stereocenters. The maximum Gasteiger partial charge on any atom is 0.416 e. The number of rotatable bonds is 5. The molecule has 4 rings (SSSR count). The second-order valence-electron chi connectivity index (χ2n) is 7.28. The van der Waals surface area contributed by atoms with Gasteiger partial charge in [-0.3, -0.25) is 0 Å². The maximum atomic E-state index is 12.7. The van der Waals surface area contributed by atoms with E-state index >= 15 is 0 Å².